The largest absolute Gasteiger partial charge is 0.378 e. The van der Waals surface area contributed by atoms with Crippen LogP contribution in [0.15, 0.2) is 24.3 Å². The van der Waals surface area contributed by atoms with Crippen molar-refractivity contribution in [2.24, 2.45) is 0 Å². The second-order valence-corrected chi connectivity index (χ2v) is 7.70. The zero-order chi connectivity index (χ0) is 18.6. The highest BCUT2D eigenvalue weighted by molar-refractivity contribution is 5.96. The highest BCUT2D eigenvalue weighted by atomic mass is 16.5. The lowest BCUT2D eigenvalue weighted by molar-refractivity contribution is -0.143. The first-order valence-corrected chi connectivity index (χ1v) is 10.2. The molecule has 6 heteroatoms. The van der Waals surface area contributed by atoms with Gasteiger partial charge in [0.2, 0.25) is 11.8 Å². The Bertz CT molecular complexity index is 687. The average Bonchev–Trinajstić information content (AvgIpc) is 2.74. The van der Waals surface area contributed by atoms with Crippen LogP contribution in [0.2, 0.25) is 0 Å². The van der Waals surface area contributed by atoms with Gasteiger partial charge in [0.1, 0.15) is 0 Å². The summed E-state index contributed by atoms with van der Waals surface area (Å²) in [6.45, 7) is 4.47. The van der Waals surface area contributed by atoms with E-state index in [0.29, 0.717) is 32.8 Å². The van der Waals surface area contributed by atoms with Crippen LogP contribution in [0.3, 0.4) is 0 Å². The Morgan fingerprint density at radius 3 is 2.67 bits per heavy atom. The third-order valence-corrected chi connectivity index (χ3v) is 5.97. The maximum Gasteiger partial charge on any atom is 0.241 e. The number of fused-ring (bicyclic) bond motifs is 1. The van der Waals surface area contributed by atoms with E-state index in [0.717, 1.165) is 50.9 Å². The van der Waals surface area contributed by atoms with Crippen LogP contribution in [-0.2, 0) is 20.7 Å². The SMILES string of the molecule is O=C(C1CCCCN1CC(=O)N1CCCc2ccccc21)N1CCOCC1. The number of para-hydroxylation sites is 1. The number of nitrogens with zero attached hydrogens (tertiary/aromatic N) is 3. The lowest BCUT2D eigenvalue weighted by Gasteiger charge is -2.39. The predicted molar refractivity (Wildman–Crippen MR) is 104 cm³/mol. The van der Waals surface area contributed by atoms with E-state index < -0.39 is 0 Å². The quantitative estimate of drug-likeness (QED) is 0.811. The minimum absolute atomic E-state index is 0.115. The van der Waals surface area contributed by atoms with Crippen molar-refractivity contribution in [2.75, 3.05) is 50.8 Å². The van der Waals surface area contributed by atoms with Gasteiger partial charge in [0.15, 0.2) is 0 Å². The Morgan fingerprint density at radius 1 is 1.00 bits per heavy atom. The predicted octanol–water partition coefficient (Wildman–Crippen LogP) is 1.68. The fourth-order valence-electron chi connectivity index (χ4n) is 4.51. The van der Waals surface area contributed by atoms with Gasteiger partial charge >= 0.3 is 0 Å². The number of hydrogen-bond donors (Lipinski definition) is 0. The van der Waals surface area contributed by atoms with Crippen molar-refractivity contribution in [1.29, 1.82) is 0 Å². The van der Waals surface area contributed by atoms with Crippen LogP contribution in [0.4, 0.5) is 5.69 Å². The third-order valence-electron chi connectivity index (χ3n) is 5.97. The second kappa shape index (κ2) is 8.40. The topological polar surface area (TPSA) is 53.1 Å². The molecule has 0 spiro atoms. The van der Waals surface area contributed by atoms with Crippen molar-refractivity contribution in [3.8, 4) is 0 Å². The van der Waals surface area contributed by atoms with E-state index in [-0.39, 0.29) is 17.9 Å². The maximum atomic E-state index is 13.1. The number of hydrogen-bond acceptors (Lipinski definition) is 4. The van der Waals surface area contributed by atoms with Crippen LogP contribution >= 0.6 is 0 Å². The summed E-state index contributed by atoms with van der Waals surface area (Å²) in [6.07, 6.45) is 4.98. The summed E-state index contributed by atoms with van der Waals surface area (Å²) in [5.41, 5.74) is 2.29. The number of benzene rings is 1. The molecule has 2 saturated heterocycles. The molecule has 1 aromatic rings. The molecule has 146 valence electrons. The normalized spacial score (nSPS) is 23.8. The fraction of sp³-hybridized carbons (Fsp3) is 0.619. The first-order chi connectivity index (χ1) is 13.2. The molecule has 0 radical (unpaired) electrons. The van der Waals surface area contributed by atoms with Crippen LogP contribution < -0.4 is 4.90 Å². The van der Waals surface area contributed by atoms with E-state index >= 15 is 0 Å². The molecule has 0 aromatic heterocycles. The second-order valence-electron chi connectivity index (χ2n) is 7.70. The van der Waals surface area contributed by atoms with E-state index in [1.165, 1.54) is 5.56 Å². The fourth-order valence-corrected chi connectivity index (χ4v) is 4.51. The molecule has 1 aromatic carbocycles. The Kier molecular flexibility index (Phi) is 5.74. The zero-order valence-electron chi connectivity index (χ0n) is 15.9. The Labute approximate surface area is 161 Å². The summed E-state index contributed by atoms with van der Waals surface area (Å²) in [7, 11) is 0. The molecule has 0 bridgehead atoms. The number of likely N-dealkylation sites (tertiary alicyclic amines) is 1. The van der Waals surface area contributed by atoms with Crippen molar-refractivity contribution in [2.45, 2.75) is 38.1 Å². The first-order valence-electron chi connectivity index (χ1n) is 10.2. The Balaban J connectivity index is 1.45. The molecular weight excluding hydrogens is 342 g/mol. The molecule has 0 saturated carbocycles. The molecule has 3 aliphatic heterocycles. The molecule has 2 fully saturated rings. The van der Waals surface area contributed by atoms with Crippen molar-refractivity contribution in [3.63, 3.8) is 0 Å². The summed E-state index contributed by atoms with van der Waals surface area (Å²) in [5, 5.41) is 0. The highest BCUT2D eigenvalue weighted by Gasteiger charge is 2.34. The summed E-state index contributed by atoms with van der Waals surface area (Å²) < 4.78 is 5.37. The van der Waals surface area contributed by atoms with Gasteiger partial charge in [-0.1, -0.05) is 24.6 Å². The first kappa shape index (κ1) is 18.4. The molecule has 1 atom stereocenters. The number of piperidine rings is 1. The van der Waals surface area contributed by atoms with Gasteiger partial charge in [-0.3, -0.25) is 14.5 Å². The highest BCUT2D eigenvalue weighted by Crippen LogP contribution is 2.27. The molecule has 4 rings (SSSR count). The van der Waals surface area contributed by atoms with E-state index in [1.807, 2.05) is 28.0 Å². The van der Waals surface area contributed by atoms with Crippen LogP contribution in [0, 0.1) is 0 Å². The minimum Gasteiger partial charge on any atom is -0.378 e. The smallest absolute Gasteiger partial charge is 0.241 e. The van der Waals surface area contributed by atoms with E-state index in [2.05, 4.69) is 11.0 Å². The van der Waals surface area contributed by atoms with Crippen molar-refractivity contribution >= 4 is 17.5 Å². The third kappa shape index (κ3) is 4.01. The molecule has 2 amide bonds. The Morgan fingerprint density at radius 2 is 1.81 bits per heavy atom. The molecule has 0 N–H and O–H groups in total. The number of anilines is 1. The summed E-state index contributed by atoms with van der Waals surface area (Å²) in [6, 6.07) is 8.02. The van der Waals surface area contributed by atoms with Gasteiger partial charge in [-0.05, 0) is 43.9 Å². The number of morpholine rings is 1. The molecule has 27 heavy (non-hydrogen) atoms. The molecule has 0 aliphatic carbocycles. The van der Waals surface area contributed by atoms with Crippen molar-refractivity contribution in [3.05, 3.63) is 29.8 Å². The van der Waals surface area contributed by atoms with E-state index in [1.54, 1.807) is 0 Å². The number of carbonyl (C=O) groups excluding carboxylic acids is 2. The van der Waals surface area contributed by atoms with E-state index in [4.69, 9.17) is 4.74 Å². The van der Waals surface area contributed by atoms with E-state index in [9.17, 15) is 9.59 Å². The van der Waals surface area contributed by atoms with Gasteiger partial charge in [-0.25, -0.2) is 0 Å². The van der Waals surface area contributed by atoms with Gasteiger partial charge in [-0.15, -0.1) is 0 Å². The van der Waals surface area contributed by atoms with Crippen LogP contribution in [0.5, 0.6) is 0 Å². The summed E-state index contributed by atoms with van der Waals surface area (Å²) in [4.78, 5) is 32.1. The molecular formula is C21H29N3O3. The van der Waals surface area contributed by atoms with Crippen LogP contribution in [0.25, 0.3) is 0 Å². The van der Waals surface area contributed by atoms with Crippen LogP contribution in [0.1, 0.15) is 31.2 Å². The molecule has 1 unspecified atom stereocenters. The van der Waals surface area contributed by atoms with Gasteiger partial charge in [0.25, 0.3) is 0 Å². The van der Waals surface area contributed by atoms with Gasteiger partial charge < -0.3 is 14.5 Å². The number of aryl methyl sites for hydroxylation is 1. The standard InChI is InChI=1S/C21H29N3O3/c25-20(24-11-5-7-17-6-1-2-8-18(17)24)16-23-10-4-3-9-19(23)21(26)22-12-14-27-15-13-22/h1-2,6,8,19H,3-5,7,9-16H2. The summed E-state index contributed by atoms with van der Waals surface area (Å²) >= 11 is 0. The van der Waals surface area contributed by atoms with Gasteiger partial charge in [-0.2, -0.15) is 0 Å². The number of ether oxygens (including phenoxy) is 1. The summed E-state index contributed by atoms with van der Waals surface area (Å²) in [5.74, 6) is 0.286. The number of amides is 2. The maximum absolute atomic E-state index is 13.1. The van der Waals surface area contributed by atoms with Crippen molar-refractivity contribution < 1.29 is 14.3 Å². The number of carbonyl (C=O) groups is 2. The lowest BCUT2D eigenvalue weighted by atomic mass is 9.99. The average molecular weight is 371 g/mol. The molecule has 6 nitrogen and oxygen atoms in total. The minimum atomic E-state index is -0.166. The van der Waals surface area contributed by atoms with Gasteiger partial charge in [0, 0.05) is 25.3 Å². The monoisotopic (exact) mass is 371 g/mol. The van der Waals surface area contributed by atoms with Crippen molar-refractivity contribution in [1.82, 2.24) is 9.80 Å². The lowest BCUT2D eigenvalue weighted by Crippen LogP contribution is -2.55. The molecule has 3 aliphatic rings. The van der Waals surface area contributed by atoms with Crippen LogP contribution in [-0.4, -0.2) is 73.6 Å². The number of rotatable bonds is 3. The van der Waals surface area contributed by atoms with Gasteiger partial charge in [0.05, 0.1) is 25.8 Å². The Hall–Kier alpha value is -1.92. The molecule has 3 heterocycles. The zero-order valence-corrected chi connectivity index (χ0v) is 15.9.